The summed E-state index contributed by atoms with van der Waals surface area (Å²) in [6.07, 6.45) is 1.90. The number of esters is 1. The molecule has 0 saturated heterocycles. The number of ether oxygens (including phenoxy) is 1. The summed E-state index contributed by atoms with van der Waals surface area (Å²) in [4.78, 5) is 12.0. The van der Waals surface area contributed by atoms with Gasteiger partial charge in [-0.1, -0.05) is 0 Å². The summed E-state index contributed by atoms with van der Waals surface area (Å²) in [5.74, 6) is -0.571. The number of hydrogen-bond acceptors (Lipinski definition) is 4. The smallest absolute Gasteiger partial charge is 0.341 e. The molecule has 0 saturated carbocycles. The molecule has 70 valence electrons. The van der Waals surface area contributed by atoms with E-state index in [1.54, 1.807) is 12.1 Å². The van der Waals surface area contributed by atoms with E-state index in [9.17, 15) is 9.90 Å². The summed E-state index contributed by atoms with van der Waals surface area (Å²) in [6.45, 7) is 0. The highest BCUT2D eigenvalue weighted by atomic mass is 32.2. The van der Waals surface area contributed by atoms with Gasteiger partial charge in [0.25, 0.3) is 0 Å². The van der Waals surface area contributed by atoms with Crippen LogP contribution in [0, 0.1) is 0 Å². The van der Waals surface area contributed by atoms with E-state index in [2.05, 4.69) is 4.74 Å². The summed E-state index contributed by atoms with van der Waals surface area (Å²) in [6, 6.07) is 4.83. The zero-order valence-electron chi connectivity index (χ0n) is 7.40. The normalized spacial score (nSPS) is 9.69. The molecule has 0 fully saturated rings. The van der Waals surface area contributed by atoms with Gasteiger partial charge < -0.3 is 9.84 Å². The molecule has 0 atom stereocenters. The molecule has 0 aliphatic heterocycles. The van der Waals surface area contributed by atoms with Crippen LogP contribution < -0.4 is 0 Å². The van der Waals surface area contributed by atoms with Crippen molar-refractivity contribution in [3.63, 3.8) is 0 Å². The molecule has 0 heterocycles. The van der Waals surface area contributed by atoms with Crippen LogP contribution in [0.5, 0.6) is 5.75 Å². The van der Waals surface area contributed by atoms with Crippen molar-refractivity contribution in [3.05, 3.63) is 23.8 Å². The molecule has 4 heteroatoms. The number of carbonyl (C=O) groups is 1. The molecule has 0 aliphatic rings. The van der Waals surface area contributed by atoms with Gasteiger partial charge in [0.2, 0.25) is 0 Å². The molecule has 1 N–H and O–H groups in total. The van der Waals surface area contributed by atoms with E-state index in [1.165, 1.54) is 24.9 Å². The Bertz CT molecular complexity index is 323. The second-order valence-electron chi connectivity index (χ2n) is 2.37. The summed E-state index contributed by atoms with van der Waals surface area (Å²) in [5.41, 5.74) is 0.203. The minimum absolute atomic E-state index is 0.0512. The van der Waals surface area contributed by atoms with Crippen LogP contribution >= 0.6 is 11.8 Å². The SMILES string of the molecule is COC(=O)c1cc(SC)ccc1O. The molecule has 0 aliphatic carbocycles. The van der Waals surface area contributed by atoms with Crippen LogP contribution in [-0.2, 0) is 4.74 Å². The van der Waals surface area contributed by atoms with Crippen LogP contribution in [-0.4, -0.2) is 24.4 Å². The molecule has 1 rings (SSSR count). The molecule has 3 nitrogen and oxygen atoms in total. The molecular weight excluding hydrogens is 188 g/mol. The van der Waals surface area contributed by atoms with Crippen molar-refractivity contribution in [1.29, 1.82) is 0 Å². The number of methoxy groups -OCH3 is 1. The summed E-state index contributed by atoms with van der Waals surface area (Å²) in [5, 5.41) is 9.32. The van der Waals surface area contributed by atoms with Crippen molar-refractivity contribution in [2.24, 2.45) is 0 Å². The van der Waals surface area contributed by atoms with Crippen LogP contribution in [0.2, 0.25) is 0 Å². The Kier molecular flexibility index (Phi) is 3.19. The number of benzene rings is 1. The van der Waals surface area contributed by atoms with Crippen LogP contribution in [0.1, 0.15) is 10.4 Å². The van der Waals surface area contributed by atoms with Crippen molar-refractivity contribution in [2.45, 2.75) is 4.90 Å². The average molecular weight is 198 g/mol. The third-order valence-corrected chi connectivity index (χ3v) is 2.33. The molecule has 13 heavy (non-hydrogen) atoms. The zero-order valence-corrected chi connectivity index (χ0v) is 8.22. The molecule has 0 amide bonds. The molecule has 0 unspecified atom stereocenters. The quantitative estimate of drug-likeness (QED) is 0.582. The first kappa shape index (κ1) is 9.92. The maximum Gasteiger partial charge on any atom is 0.341 e. The molecular formula is C9H10O3S. The Balaban J connectivity index is 3.11. The van der Waals surface area contributed by atoms with Gasteiger partial charge in [-0.3, -0.25) is 0 Å². The van der Waals surface area contributed by atoms with Crippen molar-refractivity contribution >= 4 is 17.7 Å². The Labute approximate surface area is 80.7 Å². The highest BCUT2D eigenvalue weighted by Gasteiger charge is 2.11. The molecule has 0 spiro atoms. The second-order valence-corrected chi connectivity index (χ2v) is 3.25. The Morgan fingerprint density at radius 1 is 1.54 bits per heavy atom. The minimum atomic E-state index is -0.520. The minimum Gasteiger partial charge on any atom is -0.507 e. The number of phenolic OH excluding ortho intramolecular Hbond substituents is 1. The average Bonchev–Trinajstić information content (AvgIpc) is 2.17. The highest BCUT2D eigenvalue weighted by Crippen LogP contribution is 2.24. The number of thioether (sulfide) groups is 1. The van der Waals surface area contributed by atoms with Gasteiger partial charge in [-0.25, -0.2) is 4.79 Å². The zero-order chi connectivity index (χ0) is 9.84. The largest absolute Gasteiger partial charge is 0.507 e. The Morgan fingerprint density at radius 2 is 2.23 bits per heavy atom. The van der Waals surface area contributed by atoms with Gasteiger partial charge in [-0.05, 0) is 24.5 Å². The lowest BCUT2D eigenvalue weighted by atomic mass is 10.2. The van der Waals surface area contributed by atoms with Crippen molar-refractivity contribution in [1.82, 2.24) is 0 Å². The van der Waals surface area contributed by atoms with Gasteiger partial charge in [0, 0.05) is 4.90 Å². The lowest BCUT2D eigenvalue weighted by molar-refractivity contribution is 0.0597. The van der Waals surface area contributed by atoms with E-state index >= 15 is 0 Å². The lowest BCUT2D eigenvalue weighted by Crippen LogP contribution is -2.01. The number of carbonyl (C=O) groups excluding carboxylic acids is 1. The van der Waals surface area contributed by atoms with E-state index in [-0.39, 0.29) is 11.3 Å². The highest BCUT2D eigenvalue weighted by molar-refractivity contribution is 7.98. The first-order chi connectivity index (χ1) is 6.19. The Hall–Kier alpha value is -1.16. The maximum absolute atomic E-state index is 11.1. The molecule has 0 aromatic heterocycles. The van der Waals surface area contributed by atoms with E-state index < -0.39 is 5.97 Å². The third-order valence-electron chi connectivity index (χ3n) is 1.61. The number of phenols is 1. The van der Waals surface area contributed by atoms with Crippen molar-refractivity contribution in [3.8, 4) is 5.75 Å². The first-order valence-electron chi connectivity index (χ1n) is 3.64. The topological polar surface area (TPSA) is 46.5 Å². The summed E-state index contributed by atoms with van der Waals surface area (Å²) >= 11 is 1.50. The van der Waals surface area contributed by atoms with Crippen LogP contribution in [0.3, 0.4) is 0 Å². The predicted octanol–water partition coefficient (Wildman–Crippen LogP) is 1.90. The van der Waals surface area contributed by atoms with Crippen molar-refractivity contribution in [2.75, 3.05) is 13.4 Å². The van der Waals surface area contributed by atoms with Crippen LogP contribution in [0.25, 0.3) is 0 Å². The van der Waals surface area contributed by atoms with E-state index in [0.717, 1.165) is 4.90 Å². The third kappa shape index (κ3) is 2.15. The molecule has 1 aromatic rings. The fraction of sp³-hybridized carbons (Fsp3) is 0.222. The molecule has 1 aromatic carbocycles. The fourth-order valence-corrected chi connectivity index (χ4v) is 1.36. The second kappa shape index (κ2) is 4.18. The van der Waals surface area contributed by atoms with E-state index in [4.69, 9.17) is 0 Å². The van der Waals surface area contributed by atoms with Gasteiger partial charge in [-0.15, -0.1) is 11.8 Å². The number of hydrogen-bond donors (Lipinski definition) is 1. The van der Waals surface area contributed by atoms with Gasteiger partial charge in [0.05, 0.1) is 7.11 Å². The number of rotatable bonds is 2. The lowest BCUT2D eigenvalue weighted by Gasteiger charge is -2.03. The van der Waals surface area contributed by atoms with Crippen molar-refractivity contribution < 1.29 is 14.6 Å². The predicted molar refractivity (Wildman–Crippen MR) is 51.2 cm³/mol. The summed E-state index contributed by atoms with van der Waals surface area (Å²) in [7, 11) is 1.29. The standard InChI is InChI=1S/C9H10O3S/c1-12-9(11)7-5-6(13-2)3-4-8(7)10/h3-5,10H,1-2H3. The van der Waals surface area contributed by atoms with Crippen LogP contribution in [0.15, 0.2) is 23.1 Å². The monoisotopic (exact) mass is 198 g/mol. The fourth-order valence-electron chi connectivity index (χ4n) is 0.916. The molecule has 0 radical (unpaired) electrons. The van der Waals surface area contributed by atoms with Gasteiger partial charge >= 0.3 is 5.97 Å². The van der Waals surface area contributed by atoms with Gasteiger partial charge in [-0.2, -0.15) is 0 Å². The van der Waals surface area contributed by atoms with Crippen LogP contribution in [0.4, 0.5) is 0 Å². The maximum atomic E-state index is 11.1. The van der Waals surface area contributed by atoms with Gasteiger partial charge in [0.1, 0.15) is 11.3 Å². The Morgan fingerprint density at radius 3 is 2.77 bits per heavy atom. The van der Waals surface area contributed by atoms with E-state index in [0.29, 0.717) is 0 Å². The summed E-state index contributed by atoms with van der Waals surface area (Å²) < 4.78 is 4.51. The van der Waals surface area contributed by atoms with E-state index in [1.807, 2.05) is 6.26 Å². The molecule has 0 bridgehead atoms. The number of aromatic hydroxyl groups is 1. The first-order valence-corrected chi connectivity index (χ1v) is 4.87. The van der Waals surface area contributed by atoms with Gasteiger partial charge in [0.15, 0.2) is 0 Å².